The third-order valence-electron chi connectivity index (χ3n) is 2.64. The number of anilines is 1. The zero-order chi connectivity index (χ0) is 14.9. The minimum absolute atomic E-state index is 0.0518. The zero-order valence-corrected chi connectivity index (χ0v) is 13.3. The van der Waals surface area contributed by atoms with Gasteiger partial charge >= 0.3 is 0 Å². The van der Waals surface area contributed by atoms with E-state index in [1.54, 1.807) is 17.9 Å². The first-order valence-electron chi connectivity index (χ1n) is 5.81. The van der Waals surface area contributed by atoms with Gasteiger partial charge in [-0.3, -0.25) is 9.40 Å². The molecule has 0 aliphatic heterocycles. The van der Waals surface area contributed by atoms with Gasteiger partial charge in [0.2, 0.25) is 0 Å². The molecule has 0 saturated heterocycles. The van der Waals surface area contributed by atoms with Crippen LogP contribution >= 0.6 is 15.9 Å². The van der Waals surface area contributed by atoms with Crippen molar-refractivity contribution in [3.63, 3.8) is 0 Å². The molecular formula is C11H14BrN3O4S. The van der Waals surface area contributed by atoms with Crippen LogP contribution in [0.1, 0.15) is 18.4 Å². The van der Waals surface area contributed by atoms with E-state index in [-0.39, 0.29) is 21.9 Å². The molecule has 0 aliphatic carbocycles. The van der Waals surface area contributed by atoms with Gasteiger partial charge in [-0.05, 0) is 22.4 Å². The molecule has 7 nitrogen and oxygen atoms in total. The van der Waals surface area contributed by atoms with Gasteiger partial charge in [-0.2, -0.15) is 5.10 Å². The zero-order valence-electron chi connectivity index (χ0n) is 10.9. The Kier molecular flexibility index (Phi) is 4.21. The standard InChI is InChI=1S/C11H14BrN3O4S/c1-3-8-9(5-15(2)13-8)14-20(17,18)10-4-7(6-16)19-11(10)12/h4-5,14,16H,3,6H2,1-2H3. The molecule has 2 rings (SSSR count). The predicted octanol–water partition coefficient (Wildman–Crippen LogP) is 1.63. The van der Waals surface area contributed by atoms with Gasteiger partial charge < -0.3 is 9.52 Å². The molecule has 0 fully saturated rings. The van der Waals surface area contributed by atoms with Crippen LogP contribution in [0.3, 0.4) is 0 Å². The Morgan fingerprint density at radius 1 is 1.55 bits per heavy atom. The highest BCUT2D eigenvalue weighted by Crippen LogP contribution is 2.28. The molecule has 0 amide bonds. The van der Waals surface area contributed by atoms with E-state index in [0.29, 0.717) is 17.8 Å². The number of hydrogen-bond acceptors (Lipinski definition) is 5. The summed E-state index contributed by atoms with van der Waals surface area (Å²) in [5.74, 6) is 0.166. The van der Waals surface area contributed by atoms with E-state index in [1.807, 2.05) is 6.92 Å². The molecule has 0 saturated carbocycles. The minimum atomic E-state index is -3.81. The van der Waals surface area contributed by atoms with Crippen LogP contribution in [0.25, 0.3) is 0 Å². The topological polar surface area (TPSA) is 97.4 Å². The van der Waals surface area contributed by atoms with Crippen molar-refractivity contribution in [3.8, 4) is 0 Å². The summed E-state index contributed by atoms with van der Waals surface area (Å²) in [6.07, 6.45) is 2.20. The molecule has 110 valence electrons. The normalized spacial score (nSPS) is 11.8. The van der Waals surface area contributed by atoms with Gasteiger partial charge in [0.15, 0.2) is 4.67 Å². The van der Waals surface area contributed by atoms with E-state index in [0.717, 1.165) is 0 Å². The third kappa shape index (κ3) is 2.89. The van der Waals surface area contributed by atoms with Crippen molar-refractivity contribution in [2.24, 2.45) is 7.05 Å². The van der Waals surface area contributed by atoms with E-state index < -0.39 is 10.0 Å². The summed E-state index contributed by atoms with van der Waals surface area (Å²) in [5.41, 5.74) is 1.08. The van der Waals surface area contributed by atoms with Crippen LogP contribution in [0.15, 0.2) is 26.2 Å². The smallest absolute Gasteiger partial charge is 0.266 e. The largest absolute Gasteiger partial charge is 0.450 e. The predicted molar refractivity (Wildman–Crippen MR) is 75.7 cm³/mol. The summed E-state index contributed by atoms with van der Waals surface area (Å²) in [4.78, 5) is -0.0625. The lowest BCUT2D eigenvalue weighted by Gasteiger charge is -2.05. The van der Waals surface area contributed by atoms with E-state index in [2.05, 4.69) is 25.8 Å². The number of halogens is 1. The van der Waals surface area contributed by atoms with Gasteiger partial charge in [-0.25, -0.2) is 8.42 Å². The average Bonchev–Trinajstić information content (AvgIpc) is 2.92. The molecule has 0 unspecified atom stereocenters. The Morgan fingerprint density at radius 3 is 2.80 bits per heavy atom. The number of furan rings is 1. The lowest BCUT2D eigenvalue weighted by atomic mass is 10.3. The first-order valence-corrected chi connectivity index (χ1v) is 8.09. The van der Waals surface area contributed by atoms with Crippen LogP contribution < -0.4 is 4.72 Å². The number of sulfonamides is 1. The van der Waals surface area contributed by atoms with Crippen molar-refractivity contribution < 1.29 is 17.9 Å². The van der Waals surface area contributed by atoms with Crippen LogP contribution in [-0.2, 0) is 30.1 Å². The quantitative estimate of drug-likeness (QED) is 0.841. The summed E-state index contributed by atoms with van der Waals surface area (Å²) in [7, 11) is -2.09. The van der Waals surface area contributed by atoms with Gasteiger partial charge in [-0.15, -0.1) is 0 Å². The molecule has 2 heterocycles. The highest BCUT2D eigenvalue weighted by Gasteiger charge is 2.24. The summed E-state index contributed by atoms with van der Waals surface area (Å²) in [5, 5.41) is 13.1. The van der Waals surface area contributed by atoms with Crippen molar-refractivity contribution in [3.05, 3.63) is 28.4 Å². The fraction of sp³-hybridized carbons (Fsp3) is 0.364. The summed E-state index contributed by atoms with van der Waals surface area (Å²) >= 11 is 3.03. The summed E-state index contributed by atoms with van der Waals surface area (Å²) in [6.45, 7) is 1.51. The molecule has 2 aromatic heterocycles. The molecule has 2 aromatic rings. The van der Waals surface area contributed by atoms with Crippen molar-refractivity contribution in [1.29, 1.82) is 0 Å². The van der Waals surface area contributed by atoms with Crippen LogP contribution in [0, 0.1) is 0 Å². The Hall–Kier alpha value is -1.32. The SMILES string of the molecule is CCc1nn(C)cc1NS(=O)(=O)c1cc(CO)oc1Br. The van der Waals surface area contributed by atoms with Gasteiger partial charge in [0.1, 0.15) is 17.3 Å². The second kappa shape index (κ2) is 5.58. The highest BCUT2D eigenvalue weighted by atomic mass is 79.9. The summed E-state index contributed by atoms with van der Waals surface area (Å²) in [6, 6.07) is 1.27. The van der Waals surface area contributed by atoms with E-state index >= 15 is 0 Å². The number of aryl methyl sites for hydroxylation is 2. The van der Waals surface area contributed by atoms with Crippen LogP contribution in [0.4, 0.5) is 5.69 Å². The van der Waals surface area contributed by atoms with E-state index in [1.165, 1.54) is 6.07 Å². The highest BCUT2D eigenvalue weighted by molar-refractivity contribution is 9.10. The van der Waals surface area contributed by atoms with E-state index in [4.69, 9.17) is 9.52 Å². The molecule has 0 aliphatic rings. The maximum Gasteiger partial charge on any atom is 0.266 e. The molecular weight excluding hydrogens is 350 g/mol. The van der Waals surface area contributed by atoms with Gasteiger partial charge in [0, 0.05) is 19.3 Å². The molecule has 0 atom stereocenters. The van der Waals surface area contributed by atoms with Gasteiger partial charge in [0.05, 0.1) is 11.4 Å². The second-order valence-electron chi connectivity index (χ2n) is 4.13. The lowest BCUT2D eigenvalue weighted by molar-refractivity contribution is 0.245. The summed E-state index contributed by atoms with van der Waals surface area (Å²) < 4.78 is 33.8. The van der Waals surface area contributed by atoms with Crippen molar-refractivity contribution in [2.75, 3.05) is 4.72 Å². The number of aliphatic hydroxyl groups excluding tert-OH is 1. The monoisotopic (exact) mass is 363 g/mol. The number of nitrogens with zero attached hydrogens (tertiary/aromatic N) is 2. The molecule has 20 heavy (non-hydrogen) atoms. The fourth-order valence-electron chi connectivity index (χ4n) is 1.74. The molecule has 0 bridgehead atoms. The number of hydrogen-bond donors (Lipinski definition) is 2. The minimum Gasteiger partial charge on any atom is -0.450 e. The Balaban J connectivity index is 2.37. The molecule has 2 N–H and O–H groups in total. The van der Waals surface area contributed by atoms with E-state index in [9.17, 15) is 8.42 Å². The maximum atomic E-state index is 12.3. The van der Waals surface area contributed by atoms with Crippen LogP contribution in [0.2, 0.25) is 0 Å². The molecule has 0 spiro atoms. The second-order valence-corrected chi connectivity index (χ2v) is 6.50. The number of nitrogens with one attached hydrogen (secondary N) is 1. The Labute approximate surface area is 124 Å². The first-order chi connectivity index (χ1) is 9.37. The number of aromatic nitrogens is 2. The molecule has 0 radical (unpaired) electrons. The Bertz CT molecular complexity index is 720. The van der Waals surface area contributed by atoms with Gasteiger partial charge in [0.25, 0.3) is 10.0 Å². The van der Waals surface area contributed by atoms with Crippen molar-refractivity contribution >= 4 is 31.6 Å². The average molecular weight is 364 g/mol. The van der Waals surface area contributed by atoms with Gasteiger partial charge in [-0.1, -0.05) is 6.92 Å². The fourth-order valence-corrected chi connectivity index (χ4v) is 3.81. The maximum absolute atomic E-state index is 12.3. The van der Waals surface area contributed by atoms with Crippen molar-refractivity contribution in [2.45, 2.75) is 24.8 Å². The van der Waals surface area contributed by atoms with Crippen LogP contribution in [-0.4, -0.2) is 23.3 Å². The lowest BCUT2D eigenvalue weighted by Crippen LogP contribution is -2.13. The van der Waals surface area contributed by atoms with Crippen molar-refractivity contribution in [1.82, 2.24) is 9.78 Å². The number of aliphatic hydroxyl groups is 1. The Morgan fingerprint density at radius 2 is 2.25 bits per heavy atom. The first kappa shape index (κ1) is 15.1. The third-order valence-corrected chi connectivity index (χ3v) is 4.86. The number of rotatable bonds is 5. The van der Waals surface area contributed by atoms with Crippen LogP contribution in [0.5, 0.6) is 0 Å². The molecule has 0 aromatic carbocycles. The molecule has 9 heteroatoms.